The number of hydrogen-bond acceptors (Lipinski definition) is 8. The Balaban J connectivity index is 0.000000170. The molecule has 0 aliphatic carbocycles. The van der Waals surface area contributed by atoms with Crippen LogP contribution in [0.15, 0.2) is 167 Å². The standard InChI is InChI=1S/C20H20FNO3.C18H16FNO2.C18H14FNO.C2H6O2/c1-20(2,25-10-9-23)15-6-3-13(4-7-15)18-11-14-5-8-16(21)12-17(14)19(24)22-18;1-18(2,22)13-6-3-11(4-7-13)16-9-12-5-8-14(19)10-15(12)17(21)20-16;1-11(2)12-3-5-13(6-4-12)17-9-14-7-8-15(19)10-16(14)18(21)20-17;3-1-2-4/h3-8,11-12,23H,9-10H2,1-2H3,(H,22,24);3-10,22H,1-2H3,(H,20,21);3-10H,1H2,2H3,(H,20,21);3-4H,1-2H2. The Morgan fingerprint density at radius 1 is 0.500 bits per heavy atom. The molecule has 6 aromatic carbocycles. The lowest BCUT2D eigenvalue weighted by Crippen LogP contribution is -2.23. The summed E-state index contributed by atoms with van der Waals surface area (Å²) in [4.78, 5) is 44.7. The number of nitrogens with one attached hydrogen (secondary N) is 3. The van der Waals surface area contributed by atoms with Crippen LogP contribution in [0.4, 0.5) is 13.2 Å². The van der Waals surface area contributed by atoms with Gasteiger partial charge in [-0.2, -0.15) is 0 Å². The molecule has 0 aliphatic rings. The van der Waals surface area contributed by atoms with Crippen LogP contribution in [0.25, 0.3) is 71.7 Å². The molecule has 0 bridgehead atoms. The van der Waals surface area contributed by atoms with Gasteiger partial charge in [-0.15, -0.1) is 0 Å². The number of allylic oxidation sites excluding steroid dienone is 1. The van der Waals surface area contributed by atoms with Crippen molar-refractivity contribution in [1.29, 1.82) is 0 Å². The van der Waals surface area contributed by atoms with E-state index in [1.807, 2.05) is 112 Å². The van der Waals surface area contributed by atoms with Gasteiger partial charge in [-0.25, -0.2) is 13.2 Å². The summed E-state index contributed by atoms with van der Waals surface area (Å²) >= 11 is 0. The number of aromatic nitrogens is 3. The lowest BCUT2D eigenvalue weighted by molar-refractivity contribution is -0.0369. The minimum absolute atomic E-state index is 0.0273. The highest BCUT2D eigenvalue weighted by Crippen LogP contribution is 2.29. The number of rotatable bonds is 10. The van der Waals surface area contributed by atoms with Crippen LogP contribution in [0.2, 0.25) is 0 Å². The first-order valence-electron chi connectivity index (χ1n) is 22.9. The van der Waals surface area contributed by atoms with Crippen molar-refractivity contribution in [3.63, 3.8) is 0 Å². The van der Waals surface area contributed by atoms with Crippen LogP contribution in [0.1, 0.15) is 51.3 Å². The molecule has 0 saturated heterocycles. The van der Waals surface area contributed by atoms with Crippen molar-refractivity contribution in [3.8, 4) is 33.8 Å². The number of benzene rings is 6. The van der Waals surface area contributed by atoms with Crippen molar-refractivity contribution in [3.05, 3.63) is 217 Å². The summed E-state index contributed by atoms with van der Waals surface area (Å²) < 4.78 is 45.4. The van der Waals surface area contributed by atoms with Gasteiger partial charge in [0.25, 0.3) is 16.7 Å². The lowest BCUT2D eigenvalue weighted by Gasteiger charge is -2.25. The molecule has 72 heavy (non-hydrogen) atoms. The van der Waals surface area contributed by atoms with Gasteiger partial charge in [0.05, 0.1) is 37.6 Å². The van der Waals surface area contributed by atoms with Crippen molar-refractivity contribution in [2.75, 3.05) is 26.4 Å². The van der Waals surface area contributed by atoms with E-state index in [9.17, 15) is 32.7 Å². The van der Waals surface area contributed by atoms with Gasteiger partial charge in [0, 0.05) is 33.2 Å². The molecule has 0 spiro atoms. The van der Waals surface area contributed by atoms with Crippen molar-refractivity contribution >= 4 is 37.9 Å². The van der Waals surface area contributed by atoms with Gasteiger partial charge in [-0.1, -0.05) is 103 Å². The van der Waals surface area contributed by atoms with E-state index in [1.165, 1.54) is 36.4 Å². The molecule has 0 amide bonds. The number of hydrogen-bond donors (Lipinski definition) is 7. The Labute approximate surface area is 413 Å². The number of aliphatic hydroxyl groups is 4. The fourth-order valence-corrected chi connectivity index (χ4v) is 7.59. The molecule has 0 fully saturated rings. The minimum Gasteiger partial charge on any atom is -0.394 e. The predicted molar refractivity (Wildman–Crippen MR) is 280 cm³/mol. The molecule has 0 aliphatic heterocycles. The topological polar surface area (TPSA) is 189 Å². The molecule has 0 unspecified atom stereocenters. The number of aliphatic hydroxyl groups excluding tert-OH is 3. The summed E-state index contributed by atoms with van der Waals surface area (Å²) in [5.74, 6) is -1.27. The van der Waals surface area contributed by atoms with E-state index < -0.39 is 28.7 Å². The fraction of sp³-hybridized carbons (Fsp3) is 0.190. The Morgan fingerprint density at radius 3 is 1.14 bits per heavy atom. The summed E-state index contributed by atoms with van der Waals surface area (Å²) in [7, 11) is 0. The Bertz CT molecular complexity index is 3500. The number of aromatic amines is 3. The van der Waals surface area contributed by atoms with Crippen LogP contribution in [0, 0.1) is 17.5 Å². The molecule has 7 N–H and O–H groups in total. The predicted octanol–water partition coefficient (Wildman–Crippen LogP) is 10.5. The Hall–Kier alpha value is -7.72. The first kappa shape index (κ1) is 53.6. The summed E-state index contributed by atoms with van der Waals surface area (Å²) in [5.41, 5.74) is 6.09. The summed E-state index contributed by atoms with van der Waals surface area (Å²) in [6, 6.07) is 40.9. The van der Waals surface area contributed by atoms with Crippen molar-refractivity contribution < 1.29 is 38.3 Å². The lowest BCUT2D eigenvalue weighted by atomic mass is 9.96. The summed E-state index contributed by atoms with van der Waals surface area (Å²) in [6.07, 6.45) is 0. The third-order valence-corrected chi connectivity index (χ3v) is 11.6. The van der Waals surface area contributed by atoms with Crippen LogP contribution in [-0.2, 0) is 15.9 Å². The van der Waals surface area contributed by atoms with E-state index in [2.05, 4.69) is 21.5 Å². The smallest absolute Gasteiger partial charge is 0.256 e. The van der Waals surface area contributed by atoms with Crippen LogP contribution in [0.3, 0.4) is 0 Å². The maximum atomic E-state index is 13.3. The fourth-order valence-electron chi connectivity index (χ4n) is 7.59. The number of ether oxygens (including phenoxy) is 1. The van der Waals surface area contributed by atoms with E-state index in [0.29, 0.717) is 44.0 Å². The van der Waals surface area contributed by atoms with Gasteiger partial charge in [-0.05, 0) is 139 Å². The maximum Gasteiger partial charge on any atom is 0.256 e. The molecular weight excluding hydrogens is 924 g/mol. The molecule has 372 valence electrons. The van der Waals surface area contributed by atoms with Gasteiger partial charge in [0.1, 0.15) is 17.5 Å². The first-order valence-corrected chi connectivity index (χ1v) is 22.9. The van der Waals surface area contributed by atoms with Gasteiger partial charge in [0.2, 0.25) is 0 Å². The highest BCUT2D eigenvalue weighted by Gasteiger charge is 2.21. The molecule has 14 heteroatoms. The normalized spacial score (nSPS) is 11.3. The molecule has 0 radical (unpaired) electrons. The average Bonchev–Trinajstić information content (AvgIpc) is 3.36. The minimum atomic E-state index is -0.910. The number of H-pyrrole nitrogens is 3. The molecule has 3 heterocycles. The van der Waals surface area contributed by atoms with Crippen LogP contribution in [0.5, 0.6) is 0 Å². The second-order valence-electron chi connectivity index (χ2n) is 17.8. The zero-order valence-corrected chi connectivity index (χ0v) is 40.4. The van der Waals surface area contributed by atoms with E-state index in [-0.39, 0.29) is 43.1 Å². The molecule has 9 rings (SSSR count). The summed E-state index contributed by atoms with van der Waals surface area (Å²) in [6.45, 7) is 13.1. The molecule has 11 nitrogen and oxygen atoms in total. The van der Waals surface area contributed by atoms with E-state index >= 15 is 0 Å². The highest BCUT2D eigenvalue weighted by molar-refractivity contribution is 5.87. The van der Waals surface area contributed by atoms with Crippen molar-refractivity contribution in [2.45, 2.75) is 45.8 Å². The molecule has 0 saturated carbocycles. The zero-order chi connectivity index (χ0) is 52.3. The van der Waals surface area contributed by atoms with Gasteiger partial charge in [-0.3, -0.25) is 14.4 Å². The second-order valence-corrected chi connectivity index (χ2v) is 17.8. The average molecular weight is 980 g/mol. The highest BCUT2D eigenvalue weighted by atomic mass is 19.1. The van der Waals surface area contributed by atoms with Crippen molar-refractivity contribution in [2.24, 2.45) is 0 Å². The van der Waals surface area contributed by atoms with Gasteiger partial charge >= 0.3 is 0 Å². The van der Waals surface area contributed by atoms with Gasteiger partial charge < -0.3 is 40.1 Å². The largest absolute Gasteiger partial charge is 0.394 e. The number of halogens is 3. The van der Waals surface area contributed by atoms with Crippen LogP contribution >= 0.6 is 0 Å². The van der Waals surface area contributed by atoms with E-state index in [4.69, 9.17) is 20.1 Å². The maximum absolute atomic E-state index is 13.3. The van der Waals surface area contributed by atoms with Crippen LogP contribution < -0.4 is 16.7 Å². The molecule has 3 aromatic heterocycles. The number of fused-ring (bicyclic) bond motifs is 3. The number of pyridine rings is 3. The van der Waals surface area contributed by atoms with Crippen molar-refractivity contribution in [1.82, 2.24) is 15.0 Å². The van der Waals surface area contributed by atoms with E-state index in [1.54, 1.807) is 32.0 Å². The van der Waals surface area contributed by atoms with E-state index in [0.717, 1.165) is 44.3 Å². The van der Waals surface area contributed by atoms with Gasteiger partial charge in [0.15, 0.2) is 0 Å². The Kier molecular flexibility index (Phi) is 17.5. The third-order valence-electron chi connectivity index (χ3n) is 11.6. The first-order chi connectivity index (χ1) is 34.2. The third kappa shape index (κ3) is 13.6. The molecule has 0 atom stereocenters. The second kappa shape index (κ2) is 23.5. The quantitative estimate of drug-likeness (QED) is 0.0705. The van der Waals surface area contributed by atoms with Crippen LogP contribution in [-0.4, -0.2) is 61.8 Å². The molecular formula is C58H56F3N3O8. The summed E-state index contributed by atoms with van der Waals surface area (Å²) in [5, 5.41) is 37.3. The SMILES string of the molecule is C=C(C)c1ccc(-c2cc3ccc(F)cc3c(=O)[nH]2)cc1.CC(C)(O)c1ccc(-c2cc3ccc(F)cc3c(=O)[nH]2)cc1.CC(C)(OCCO)c1ccc(-c2cc3ccc(F)cc3c(=O)[nH]2)cc1.OCCO. The Morgan fingerprint density at radius 2 is 0.833 bits per heavy atom. The monoisotopic (exact) mass is 979 g/mol. The molecule has 9 aromatic rings. The zero-order valence-electron chi connectivity index (χ0n) is 40.4.